The van der Waals surface area contributed by atoms with Crippen molar-refractivity contribution in [3.05, 3.63) is 19.1 Å². The SMILES string of the molecule is [CH2-]C=CCC(C)C.[Li+]. The third-order valence-electron chi connectivity index (χ3n) is 0.774. The molecule has 0 amide bonds. The summed E-state index contributed by atoms with van der Waals surface area (Å²) in [6.07, 6.45) is 5.09. The van der Waals surface area contributed by atoms with Crippen LogP contribution in [0.5, 0.6) is 0 Å². The average molecular weight is 104 g/mol. The Balaban J connectivity index is 0. The number of allylic oxidation sites excluding steroid dienone is 2. The van der Waals surface area contributed by atoms with Gasteiger partial charge < -0.3 is 0 Å². The molecule has 0 aliphatic rings. The summed E-state index contributed by atoms with van der Waals surface area (Å²) in [6.45, 7) is 7.97. The van der Waals surface area contributed by atoms with Crippen LogP contribution in [0.2, 0.25) is 0 Å². The van der Waals surface area contributed by atoms with Gasteiger partial charge >= 0.3 is 18.9 Å². The van der Waals surface area contributed by atoms with Crippen LogP contribution < -0.4 is 18.9 Å². The molecule has 0 bridgehead atoms. The van der Waals surface area contributed by atoms with Crippen LogP contribution in [0.15, 0.2) is 12.2 Å². The van der Waals surface area contributed by atoms with E-state index in [0.717, 1.165) is 12.3 Å². The molecule has 0 heterocycles. The molecule has 0 aromatic carbocycles. The van der Waals surface area contributed by atoms with Crippen LogP contribution in [0.1, 0.15) is 20.3 Å². The van der Waals surface area contributed by atoms with Gasteiger partial charge in [-0.25, -0.2) is 19.1 Å². The Labute approximate surface area is 64.5 Å². The van der Waals surface area contributed by atoms with Crippen LogP contribution in [0.3, 0.4) is 0 Å². The molecular weight excluding hydrogens is 91.0 g/mol. The van der Waals surface area contributed by atoms with E-state index in [9.17, 15) is 0 Å². The van der Waals surface area contributed by atoms with Gasteiger partial charge in [0.25, 0.3) is 0 Å². The minimum absolute atomic E-state index is 0. The van der Waals surface area contributed by atoms with Gasteiger partial charge in [-0.15, -0.1) is 0 Å². The fourth-order valence-electron chi connectivity index (χ4n) is 0.368. The van der Waals surface area contributed by atoms with Crippen molar-refractivity contribution < 1.29 is 18.9 Å². The molecule has 0 aliphatic heterocycles. The topological polar surface area (TPSA) is 0 Å². The van der Waals surface area contributed by atoms with Gasteiger partial charge in [0, 0.05) is 0 Å². The van der Waals surface area contributed by atoms with E-state index in [1.165, 1.54) is 0 Å². The van der Waals surface area contributed by atoms with Gasteiger partial charge in [0.05, 0.1) is 0 Å². The van der Waals surface area contributed by atoms with Gasteiger partial charge in [0.15, 0.2) is 0 Å². The zero-order valence-electron chi connectivity index (χ0n) is 6.15. The van der Waals surface area contributed by atoms with E-state index >= 15 is 0 Å². The zero-order chi connectivity index (χ0) is 5.70. The summed E-state index contributed by atoms with van der Waals surface area (Å²) < 4.78 is 0. The molecule has 0 radical (unpaired) electrons. The van der Waals surface area contributed by atoms with Crippen molar-refractivity contribution in [1.82, 2.24) is 0 Å². The quantitative estimate of drug-likeness (QED) is 0.325. The molecule has 0 aliphatic carbocycles. The van der Waals surface area contributed by atoms with Crippen LogP contribution in [0.25, 0.3) is 0 Å². The summed E-state index contributed by atoms with van der Waals surface area (Å²) in [6, 6.07) is 0. The first-order valence-corrected chi connectivity index (χ1v) is 2.71. The maximum atomic E-state index is 3.58. The van der Waals surface area contributed by atoms with E-state index in [0.29, 0.717) is 0 Å². The molecule has 1 heteroatoms. The van der Waals surface area contributed by atoms with E-state index in [1.54, 1.807) is 0 Å². The fraction of sp³-hybridized carbons (Fsp3) is 0.571. The monoisotopic (exact) mass is 104 g/mol. The van der Waals surface area contributed by atoms with Crippen molar-refractivity contribution in [2.24, 2.45) is 5.92 Å². The van der Waals surface area contributed by atoms with Crippen molar-refractivity contribution in [1.29, 1.82) is 0 Å². The molecule has 0 unspecified atom stereocenters. The Bertz CT molecular complexity index is 55.4. The third-order valence-corrected chi connectivity index (χ3v) is 0.774. The fourth-order valence-corrected chi connectivity index (χ4v) is 0.368. The molecule has 0 atom stereocenters. The Morgan fingerprint density at radius 3 is 2.12 bits per heavy atom. The molecular formula is C7H13Li. The Morgan fingerprint density at radius 2 is 2.00 bits per heavy atom. The van der Waals surface area contributed by atoms with E-state index in [1.807, 2.05) is 6.08 Å². The molecule has 0 saturated heterocycles. The standard InChI is InChI=1S/C7H13.Li/c1-4-5-6-7(2)3;/h4-5,7H,1,6H2,2-3H3;/q-1;+1. The van der Waals surface area contributed by atoms with Crippen molar-refractivity contribution in [2.45, 2.75) is 20.3 Å². The Kier molecular flexibility index (Phi) is 9.97. The predicted molar refractivity (Wildman–Crippen MR) is 34.0 cm³/mol. The smallest absolute Gasteiger partial charge is 0.245 e. The predicted octanol–water partition coefficient (Wildman–Crippen LogP) is -0.573. The second kappa shape index (κ2) is 7.21. The number of hydrogen-bond acceptors (Lipinski definition) is 0. The van der Waals surface area contributed by atoms with Crippen LogP contribution in [0.4, 0.5) is 0 Å². The molecule has 42 valence electrons. The first kappa shape index (κ1) is 11.1. The van der Waals surface area contributed by atoms with E-state index < -0.39 is 0 Å². The van der Waals surface area contributed by atoms with Crippen molar-refractivity contribution in [3.63, 3.8) is 0 Å². The van der Waals surface area contributed by atoms with Crippen LogP contribution >= 0.6 is 0 Å². The summed E-state index contributed by atoms with van der Waals surface area (Å²) in [5.41, 5.74) is 0. The van der Waals surface area contributed by atoms with E-state index in [4.69, 9.17) is 0 Å². The first-order valence-electron chi connectivity index (χ1n) is 2.71. The normalized spacial score (nSPS) is 9.88. The minimum Gasteiger partial charge on any atom is -0.245 e. The number of hydrogen-bond donors (Lipinski definition) is 0. The van der Waals surface area contributed by atoms with Gasteiger partial charge in [-0.3, -0.25) is 0 Å². The largest absolute Gasteiger partial charge is 1.00 e. The van der Waals surface area contributed by atoms with E-state index in [2.05, 4.69) is 26.8 Å². The molecule has 0 saturated carbocycles. The second-order valence-corrected chi connectivity index (χ2v) is 2.10. The molecule has 0 fully saturated rings. The number of rotatable bonds is 2. The molecule has 8 heavy (non-hydrogen) atoms. The van der Waals surface area contributed by atoms with E-state index in [-0.39, 0.29) is 18.9 Å². The Morgan fingerprint density at radius 1 is 1.50 bits per heavy atom. The van der Waals surface area contributed by atoms with Crippen LogP contribution in [-0.4, -0.2) is 0 Å². The average Bonchev–Trinajstić information content (AvgIpc) is 1.61. The summed E-state index contributed by atoms with van der Waals surface area (Å²) >= 11 is 0. The molecule has 0 rings (SSSR count). The van der Waals surface area contributed by atoms with Crippen LogP contribution in [-0.2, 0) is 0 Å². The molecule has 0 nitrogen and oxygen atoms in total. The zero-order valence-corrected chi connectivity index (χ0v) is 6.15. The summed E-state index contributed by atoms with van der Waals surface area (Å²) in [7, 11) is 0. The van der Waals surface area contributed by atoms with Gasteiger partial charge in [-0.2, -0.15) is 0 Å². The molecule has 0 aromatic rings. The molecule has 0 aromatic heterocycles. The van der Waals surface area contributed by atoms with Crippen molar-refractivity contribution in [3.8, 4) is 0 Å². The summed E-state index contributed by atoms with van der Waals surface area (Å²) in [5, 5.41) is 0. The molecule has 0 N–H and O–H groups in total. The second-order valence-electron chi connectivity index (χ2n) is 2.10. The Hall–Kier alpha value is 0.207. The maximum Gasteiger partial charge on any atom is 1.00 e. The van der Waals surface area contributed by atoms with Crippen molar-refractivity contribution >= 4 is 0 Å². The minimum atomic E-state index is 0. The van der Waals surface area contributed by atoms with Gasteiger partial charge in [-0.05, 0) is 0 Å². The maximum absolute atomic E-state index is 3.58. The summed E-state index contributed by atoms with van der Waals surface area (Å²) in [5.74, 6) is 0.776. The van der Waals surface area contributed by atoms with Crippen LogP contribution in [0, 0.1) is 12.8 Å². The van der Waals surface area contributed by atoms with Crippen molar-refractivity contribution in [2.75, 3.05) is 0 Å². The van der Waals surface area contributed by atoms with Gasteiger partial charge in [0.1, 0.15) is 0 Å². The molecule has 0 spiro atoms. The van der Waals surface area contributed by atoms with Gasteiger partial charge in [0.2, 0.25) is 0 Å². The van der Waals surface area contributed by atoms with Gasteiger partial charge in [-0.1, -0.05) is 26.2 Å². The third kappa shape index (κ3) is 9.51. The summed E-state index contributed by atoms with van der Waals surface area (Å²) in [4.78, 5) is 0. The first-order chi connectivity index (χ1) is 3.27.